The van der Waals surface area contributed by atoms with Gasteiger partial charge in [-0.15, -0.1) is 0 Å². The quantitative estimate of drug-likeness (QED) is 0.513. The zero-order valence-electron chi connectivity index (χ0n) is 10.0. The number of aliphatic hydroxyl groups is 3. The second-order valence-electron chi connectivity index (χ2n) is 4.76. The lowest BCUT2D eigenvalue weighted by molar-refractivity contribution is -0.0249. The second kappa shape index (κ2) is 4.76. The summed E-state index contributed by atoms with van der Waals surface area (Å²) in [5, 5.41) is 30.3. The van der Waals surface area contributed by atoms with Gasteiger partial charge in [-0.3, -0.25) is 0 Å². The van der Waals surface area contributed by atoms with Crippen LogP contribution in [0.4, 0.5) is 0 Å². The average Bonchev–Trinajstić information content (AvgIpc) is 2.42. The predicted molar refractivity (Wildman–Crippen MR) is 69.1 cm³/mol. The molecule has 0 saturated carbocycles. The Balaban J connectivity index is 2.51. The molecule has 2 rings (SSSR count). The van der Waals surface area contributed by atoms with Gasteiger partial charge in [-0.25, -0.2) is 0 Å². The molecule has 1 fully saturated rings. The van der Waals surface area contributed by atoms with E-state index in [0.717, 1.165) is 0 Å². The van der Waals surface area contributed by atoms with Gasteiger partial charge in [-0.05, 0) is 0 Å². The molecule has 0 amide bonds. The fraction of sp³-hybridized carbons (Fsp3) is 0.500. The molecule has 1 aromatic carbocycles. The molecule has 6 heteroatoms. The molecule has 1 aromatic rings. The molecule has 1 saturated heterocycles. The lowest BCUT2D eigenvalue weighted by Crippen LogP contribution is -2.59. The van der Waals surface area contributed by atoms with Gasteiger partial charge in [0.25, 0.3) is 0 Å². The van der Waals surface area contributed by atoms with E-state index in [4.69, 9.17) is 5.73 Å². The van der Waals surface area contributed by atoms with Gasteiger partial charge in [-0.2, -0.15) is 0 Å². The third-order valence-corrected chi connectivity index (χ3v) is 7.49. The Morgan fingerprint density at radius 1 is 1.11 bits per heavy atom. The fourth-order valence-electron chi connectivity index (χ4n) is 2.46. The predicted octanol–water partition coefficient (Wildman–Crippen LogP) is -0.555. The number of aliphatic hydroxyl groups excluding tert-OH is 3. The van der Waals surface area contributed by atoms with Gasteiger partial charge in [0.2, 0.25) is 0 Å². The molecule has 1 heterocycles. The SMILES string of the molecule is C[C@H]1[C@@H](O)[C@@H](O)[C@H](N)C(O)P1(=O)c1ccccc1. The van der Waals surface area contributed by atoms with E-state index >= 15 is 0 Å². The van der Waals surface area contributed by atoms with E-state index in [9.17, 15) is 19.9 Å². The standard InChI is InChI=1S/C12H18NO4P/c1-7-10(14)11(15)9(13)12(16)18(7,17)8-5-3-2-4-6-8/h2-7,9-12,14-16H,13H2,1H3/t7-,9-,10+,11-,12?,18?/m0/s1. The van der Waals surface area contributed by atoms with Gasteiger partial charge >= 0.3 is 0 Å². The van der Waals surface area contributed by atoms with Crippen molar-refractivity contribution in [2.45, 2.75) is 36.7 Å². The van der Waals surface area contributed by atoms with Crippen molar-refractivity contribution in [2.75, 3.05) is 0 Å². The Bertz CT molecular complexity index is 446. The van der Waals surface area contributed by atoms with E-state index in [0.29, 0.717) is 5.30 Å². The average molecular weight is 271 g/mol. The van der Waals surface area contributed by atoms with Gasteiger partial charge in [0.15, 0.2) is 0 Å². The summed E-state index contributed by atoms with van der Waals surface area (Å²) in [5.74, 6) is -1.34. The summed E-state index contributed by atoms with van der Waals surface area (Å²) in [5.41, 5.74) is 4.92. The van der Waals surface area contributed by atoms with Crippen molar-refractivity contribution in [2.24, 2.45) is 5.73 Å². The first-order valence-electron chi connectivity index (χ1n) is 5.85. The molecule has 1 aliphatic heterocycles. The van der Waals surface area contributed by atoms with Crippen molar-refractivity contribution in [3.05, 3.63) is 30.3 Å². The fourth-order valence-corrected chi connectivity index (χ4v) is 5.68. The number of nitrogens with two attached hydrogens (primary N) is 1. The van der Waals surface area contributed by atoms with Crippen LogP contribution in [0, 0.1) is 0 Å². The third-order valence-electron chi connectivity index (χ3n) is 3.74. The summed E-state index contributed by atoms with van der Waals surface area (Å²) in [6.07, 6.45) is -2.46. The van der Waals surface area contributed by atoms with Crippen molar-refractivity contribution in [3.8, 4) is 0 Å². The monoisotopic (exact) mass is 271 g/mol. The van der Waals surface area contributed by atoms with E-state index in [2.05, 4.69) is 0 Å². The van der Waals surface area contributed by atoms with E-state index < -0.39 is 36.9 Å². The molecule has 5 nitrogen and oxygen atoms in total. The van der Waals surface area contributed by atoms with Crippen LogP contribution in [-0.2, 0) is 4.57 Å². The number of hydrogen-bond acceptors (Lipinski definition) is 5. The van der Waals surface area contributed by atoms with Gasteiger partial charge in [0.1, 0.15) is 13.0 Å². The van der Waals surface area contributed by atoms with Gasteiger partial charge < -0.3 is 25.6 Å². The van der Waals surface area contributed by atoms with Crippen molar-refractivity contribution in [1.82, 2.24) is 0 Å². The lowest BCUT2D eigenvalue weighted by atomic mass is 10.0. The highest BCUT2D eigenvalue weighted by Gasteiger charge is 2.53. The minimum atomic E-state index is -3.28. The Morgan fingerprint density at radius 3 is 2.22 bits per heavy atom. The van der Waals surface area contributed by atoms with Gasteiger partial charge in [-0.1, -0.05) is 37.3 Å². The first-order chi connectivity index (χ1) is 8.40. The zero-order valence-corrected chi connectivity index (χ0v) is 10.9. The molecule has 5 N–H and O–H groups in total. The largest absolute Gasteiger partial charge is 0.390 e. The maximum atomic E-state index is 13.1. The Morgan fingerprint density at radius 2 is 1.67 bits per heavy atom. The minimum Gasteiger partial charge on any atom is -0.390 e. The number of benzene rings is 1. The molecule has 1 aliphatic rings. The Hall–Kier alpha value is -0.710. The smallest absolute Gasteiger partial charge is 0.149 e. The van der Waals surface area contributed by atoms with E-state index in [-0.39, 0.29) is 0 Å². The van der Waals surface area contributed by atoms with E-state index in [1.165, 1.54) is 0 Å². The zero-order chi connectivity index (χ0) is 13.5. The summed E-state index contributed by atoms with van der Waals surface area (Å²) in [6, 6.07) is 7.41. The summed E-state index contributed by atoms with van der Waals surface area (Å²) < 4.78 is 13.1. The summed E-state index contributed by atoms with van der Waals surface area (Å²) in [4.78, 5) is 0. The maximum Gasteiger partial charge on any atom is 0.149 e. The first-order valence-corrected chi connectivity index (χ1v) is 7.70. The molecule has 0 aliphatic carbocycles. The Labute approximate surface area is 106 Å². The summed E-state index contributed by atoms with van der Waals surface area (Å²) in [7, 11) is -3.28. The molecule has 100 valence electrons. The van der Waals surface area contributed by atoms with Crippen LogP contribution in [0.1, 0.15) is 6.92 Å². The van der Waals surface area contributed by atoms with Crippen molar-refractivity contribution < 1.29 is 19.9 Å². The first kappa shape index (κ1) is 13.7. The number of hydrogen-bond donors (Lipinski definition) is 4. The van der Waals surface area contributed by atoms with Crippen LogP contribution in [0.2, 0.25) is 0 Å². The van der Waals surface area contributed by atoms with Gasteiger partial charge in [0.05, 0.1) is 18.2 Å². The topological polar surface area (TPSA) is 104 Å². The molecule has 6 atom stereocenters. The van der Waals surface area contributed by atoms with Crippen molar-refractivity contribution >= 4 is 12.4 Å². The number of rotatable bonds is 1. The Kier molecular flexibility index (Phi) is 3.63. The van der Waals surface area contributed by atoms with E-state index in [1.54, 1.807) is 37.3 Å². The molecule has 0 bridgehead atoms. The molecule has 0 radical (unpaired) electrons. The highest BCUT2D eigenvalue weighted by atomic mass is 31.2. The molecule has 18 heavy (non-hydrogen) atoms. The maximum absolute atomic E-state index is 13.1. The molecule has 2 unspecified atom stereocenters. The van der Waals surface area contributed by atoms with Crippen LogP contribution in [-0.4, -0.2) is 45.1 Å². The lowest BCUT2D eigenvalue weighted by Gasteiger charge is -2.43. The van der Waals surface area contributed by atoms with Crippen LogP contribution >= 0.6 is 7.14 Å². The highest BCUT2D eigenvalue weighted by Crippen LogP contribution is 2.58. The minimum absolute atomic E-state index is 0.478. The van der Waals surface area contributed by atoms with Crippen LogP contribution in [0.15, 0.2) is 30.3 Å². The highest BCUT2D eigenvalue weighted by molar-refractivity contribution is 7.72. The van der Waals surface area contributed by atoms with E-state index in [1.807, 2.05) is 0 Å². The molecular weight excluding hydrogens is 253 g/mol. The van der Waals surface area contributed by atoms with Crippen LogP contribution in [0.3, 0.4) is 0 Å². The van der Waals surface area contributed by atoms with Crippen LogP contribution in [0.5, 0.6) is 0 Å². The van der Waals surface area contributed by atoms with Crippen LogP contribution in [0.25, 0.3) is 0 Å². The second-order valence-corrected chi connectivity index (χ2v) is 8.04. The molecule has 0 spiro atoms. The van der Waals surface area contributed by atoms with Crippen molar-refractivity contribution in [3.63, 3.8) is 0 Å². The normalized spacial score (nSPS) is 44.8. The molecule has 0 aromatic heterocycles. The van der Waals surface area contributed by atoms with Crippen LogP contribution < -0.4 is 11.0 Å². The summed E-state index contributed by atoms with van der Waals surface area (Å²) >= 11 is 0. The third kappa shape index (κ3) is 1.83. The van der Waals surface area contributed by atoms with Gasteiger partial charge in [0, 0.05) is 11.0 Å². The summed E-state index contributed by atoms with van der Waals surface area (Å²) in [6.45, 7) is 1.57. The van der Waals surface area contributed by atoms with Crippen molar-refractivity contribution in [1.29, 1.82) is 0 Å². The molecular formula is C12H18NO4P.